The van der Waals surface area contributed by atoms with Crippen LogP contribution in [-0.2, 0) is 4.79 Å². The molecule has 0 spiro atoms. The van der Waals surface area contributed by atoms with Crippen LogP contribution in [0.15, 0.2) is 42.5 Å². The van der Waals surface area contributed by atoms with E-state index in [4.69, 9.17) is 14.2 Å². The molecule has 1 aliphatic rings. The van der Waals surface area contributed by atoms with E-state index in [-0.39, 0.29) is 18.5 Å². The maximum atomic E-state index is 12.3. The molecule has 1 aliphatic heterocycles. The van der Waals surface area contributed by atoms with Crippen LogP contribution in [0, 0.1) is 0 Å². The lowest BCUT2D eigenvalue weighted by Gasteiger charge is -2.15. The smallest absolute Gasteiger partial charge is 0.265 e. The maximum absolute atomic E-state index is 12.3. The van der Waals surface area contributed by atoms with Crippen molar-refractivity contribution in [3.8, 4) is 17.2 Å². The summed E-state index contributed by atoms with van der Waals surface area (Å²) in [6.07, 6.45) is -0.724. The Morgan fingerprint density at radius 1 is 1.12 bits per heavy atom. The van der Waals surface area contributed by atoms with Crippen molar-refractivity contribution in [2.24, 2.45) is 0 Å². The zero-order valence-electron chi connectivity index (χ0n) is 13.4. The number of amides is 1. The predicted molar refractivity (Wildman–Crippen MR) is 87.7 cm³/mol. The molecule has 1 atom stereocenters. The van der Waals surface area contributed by atoms with E-state index >= 15 is 0 Å². The Hall–Kier alpha value is -3.02. The summed E-state index contributed by atoms with van der Waals surface area (Å²) in [7, 11) is 0. The van der Waals surface area contributed by atoms with Gasteiger partial charge < -0.3 is 19.5 Å². The van der Waals surface area contributed by atoms with Gasteiger partial charge >= 0.3 is 0 Å². The molecule has 0 bridgehead atoms. The SMILES string of the molecule is CC(=O)c1cccc(OC(C)C(=O)Nc2ccc3c(c2)OCO3)c1. The number of hydrogen-bond acceptors (Lipinski definition) is 5. The van der Waals surface area contributed by atoms with Gasteiger partial charge in [0, 0.05) is 17.3 Å². The highest BCUT2D eigenvalue weighted by atomic mass is 16.7. The largest absolute Gasteiger partial charge is 0.481 e. The minimum atomic E-state index is -0.724. The third-order valence-corrected chi connectivity index (χ3v) is 3.56. The van der Waals surface area contributed by atoms with Gasteiger partial charge in [-0.2, -0.15) is 0 Å². The van der Waals surface area contributed by atoms with E-state index in [9.17, 15) is 9.59 Å². The van der Waals surface area contributed by atoms with E-state index in [0.717, 1.165) is 0 Å². The van der Waals surface area contributed by atoms with Crippen molar-refractivity contribution in [1.29, 1.82) is 0 Å². The fourth-order valence-corrected chi connectivity index (χ4v) is 2.26. The molecule has 1 heterocycles. The van der Waals surface area contributed by atoms with Crippen LogP contribution in [-0.4, -0.2) is 24.6 Å². The van der Waals surface area contributed by atoms with Crippen molar-refractivity contribution in [3.63, 3.8) is 0 Å². The Balaban J connectivity index is 1.64. The quantitative estimate of drug-likeness (QED) is 0.855. The number of Topliss-reactive ketones (excluding diaryl/α,β-unsaturated/α-hetero) is 1. The molecule has 0 aliphatic carbocycles. The molecule has 6 nitrogen and oxygen atoms in total. The normalized spacial score (nSPS) is 13.2. The lowest BCUT2D eigenvalue weighted by atomic mass is 10.1. The Morgan fingerprint density at radius 2 is 1.92 bits per heavy atom. The average Bonchev–Trinajstić information content (AvgIpc) is 3.02. The second kappa shape index (κ2) is 6.62. The molecule has 0 saturated carbocycles. The number of carbonyl (C=O) groups is 2. The van der Waals surface area contributed by atoms with Gasteiger partial charge in [-0.05, 0) is 38.1 Å². The van der Waals surface area contributed by atoms with Crippen LogP contribution < -0.4 is 19.5 Å². The second-order valence-electron chi connectivity index (χ2n) is 5.40. The summed E-state index contributed by atoms with van der Waals surface area (Å²) in [5.74, 6) is 1.35. The first-order chi connectivity index (χ1) is 11.5. The molecule has 6 heteroatoms. The van der Waals surface area contributed by atoms with E-state index in [0.29, 0.717) is 28.5 Å². The van der Waals surface area contributed by atoms with Gasteiger partial charge in [-0.1, -0.05) is 12.1 Å². The van der Waals surface area contributed by atoms with Crippen LogP contribution in [0.2, 0.25) is 0 Å². The first-order valence-electron chi connectivity index (χ1n) is 7.51. The summed E-state index contributed by atoms with van der Waals surface area (Å²) < 4.78 is 16.1. The number of benzene rings is 2. The van der Waals surface area contributed by atoms with E-state index in [1.807, 2.05) is 0 Å². The van der Waals surface area contributed by atoms with Crippen molar-refractivity contribution in [1.82, 2.24) is 0 Å². The molecule has 2 aromatic carbocycles. The van der Waals surface area contributed by atoms with Crippen molar-refractivity contribution in [2.45, 2.75) is 20.0 Å². The first-order valence-corrected chi connectivity index (χ1v) is 7.51. The van der Waals surface area contributed by atoms with Crippen LogP contribution in [0.4, 0.5) is 5.69 Å². The summed E-state index contributed by atoms with van der Waals surface area (Å²) in [5.41, 5.74) is 1.13. The molecule has 1 amide bonds. The monoisotopic (exact) mass is 327 g/mol. The van der Waals surface area contributed by atoms with Crippen molar-refractivity contribution >= 4 is 17.4 Å². The molecular weight excluding hydrogens is 310 g/mol. The van der Waals surface area contributed by atoms with Crippen LogP contribution in [0.3, 0.4) is 0 Å². The molecule has 3 rings (SSSR count). The summed E-state index contributed by atoms with van der Waals surface area (Å²) in [4.78, 5) is 23.7. The summed E-state index contributed by atoms with van der Waals surface area (Å²) in [6, 6.07) is 11.9. The highest BCUT2D eigenvalue weighted by Crippen LogP contribution is 2.34. The molecule has 1 unspecified atom stereocenters. The van der Waals surface area contributed by atoms with Gasteiger partial charge in [-0.15, -0.1) is 0 Å². The van der Waals surface area contributed by atoms with Crippen molar-refractivity contribution in [2.75, 3.05) is 12.1 Å². The van der Waals surface area contributed by atoms with E-state index in [2.05, 4.69) is 5.32 Å². The second-order valence-corrected chi connectivity index (χ2v) is 5.40. The molecule has 24 heavy (non-hydrogen) atoms. The third kappa shape index (κ3) is 3.48. The van der Waals surface area contributed by atoms with Gasteiger partial charge in [0.15, 0.2) is 23.4 Å². The van der Waals surface area contributed by atoms with Gasteiger partial charge in [-0.25, -0.2) is 0 Å². The predicted octanol–water partition coefficient (Wildman–Crippen LogP) is 3.02. The molecule has 0 fully saturated rings. The minimum absolute atomic E-state index is 0.0575. The van der Waals surface area contributed by atoms with Gasteiger partial charge in [0.25, 0.3) is 5.91 Å². The summed E-state index contributed by atoms with van der Waals surface area (Å²) in [5, 5.41) is 2.76. The Bertz CT molecular complexity index is 787. The lowest BCUT2D eigenvalue weighted by Crippen LogP contribution is -2.30. The van der Waals surface area contributed by atoms with E-state index in [1.165, 1.54) is 6.92 Å². The molecule has 1 N–H and O–H groups in total. The van der Waals surface area contributed by atoms with Crippen molar-refractivity contribution in [3.05, 3.63) is 48.0 Å². The van der Waals surface area contributed by atoms with Gasteiger partial charge in [-0.3, -0.25) is 9.59 Å². The number of nitrogens with one attached hydrogen (secondary N) is 1. The molecule has 0 radical (unpaired) electrons. The molecule has 2 aromatic rings. The maximum Gasteiger partial charge on any atom is 0.265 e. The summed E-state index contributed by atoms with van der Waals surface area (Å²) >= 11 is 0. The minimum Gasteiger partial charge on any atom is -0.481 e. The lowest BCUT2D eigenvalue weighted by molar-refractivity contribution is -0.122. The molecule has 0 aromatic heterocycles. The number of anilines is 1. The van der Waals surface area contributed by atoms with Crippen LogP contribution in [0.25, 0.3) is 0 Å². The molecule has 0 saturated heterocycles. The van der Waals surface area contributed by atoms with Crippen LogP contribution in [0.5, 0.6) is 17.2 Å². The average molecular weight is 327 g/mol. The Kier molecular flexibility index (Phi) is 4.37. The van der Waals surface area contributed by atoms with Gasteiger partial charge in [0.2, 0.25) is 6.79 Å². The van der Waals surface area contributed by atoms with Crippen LogP contribution >= 0.6 is 0 Å². The zero-order valence-corrected chi connectivity index (χ0v) is 13.4. The third-order valence-electron chi connectivity index (χ3n) is 3.56. The molecular formula is C18H17NO5. The molecule has 124 valence electrons. The number of ketones is 1. The van der Waals surface area contributed by atoms with Gasteiger partial charge in [0.1, 0.15) is 5.75 Å². The van der Waals surface area contributed by atoms with Gasteiger partial charge in [0.05, 0.1) is 0 Å². The fourth-order valence-electron chi connectivity index (χ4n) is 2.26. The van der Waals surface area contributed by atoms with Crippen LogP contribution in [0.1, 0.15) is 24.2 Å². The van der Waals surface area contributed by atoms with E-state index in [1.54, 1.807) is 49.4 Å². The fraction of sp³-hybridized carbons (Fsp3) is 0.222. The Labute approximate surface area is 139 Å². The number of carbonyl (C=O) groups excluding carboxylic acids is 2. The number of hydrogen-bond donors (Lipinski definition) is 1. The summed E-state index contributed by atoms with van der Waals surface area (Å²) in [6.45, 7) is 3.30. The number of rotatable bonds is 5. The highest BCUT2D eigenvalue weighted by Gasteiger charge is 2.18. The number of fused-ring (bicyclic) bond motifs is 1. The number of ether oxygens (including phenoxy) is 3. The van der Waals surface area contributed by atoms with Crippen molar-refractivity contribution < 1.29 is 23.8 Å². The topological polar surface area (TPSA) is 73.9 Å². The standard InChI is InChI=1S/C18H17NO5/c1-11(20)13-4-3-5-15(8-13)24-12(2)18(21)19-14-6-7-16-17(9-14)23-10-22-16/h3-9,12H,10H2,1-2H3,(H,19,21). The highest BCUT2D eigenvalue weighted by molar-refractivity contribution is 5.95. The first kappa shape index (κ1) is 15.9. The van der Waals surface area contributed by atoms with E-state index < -0.39 is 6.10 Å². The Morgan fingerprint density at radius 3 is 2.71 bits per heavy atom. The zero-order chi connectivity index (χ0) is 17.1.